The molecule has 1 aliphatic heterocycles. The van der Waals surface area contributed by atoms with Gasteiger partial charge in [0.2, 0.25) is 0 Å². The van der Waals surface area contributed by atoms with E-state index in [-0.39, 0.29) is 19.1 Å². The fourth-order valence-corrected chi connectivity index (χ4v) is 5.31. The molecule has 1 saturated heterocycles. The van der Waals surface area contributed by atoms with Crippen LogP contribution in [0.3, 0.4) is 0 Å². The second-order valence-electron chi connectivity index (χ2n) is 7.69. The molecule has 2 atom stereocenters. The van der Waals surface area contributed by atoms with Gasteiger partial charge < -0.3 is 18.7 Å². The summed E-state index contributed by atoms with van der Waals surface area (Å²) in [6.45, 7) is 6.92. The van der Waals surface area contributed by atoms with Crippen LogP contribution in [0, 0.1) is 0 Å². The molecule has 3 heterocycles. The zero-order valence-corrected chi connectivity index (χ0v) is 20.9. The Labute approximate surface area is 203 Å². The maximum Gasteiger partial charge on any atom is 0.356 e. The minimum atomic E-state index is -3.38. The van der Waals surface area contributed by atoms with Crippen LogP contribution < -0.4 is 0 Å². The number of benzene rings is 1. The highest BCUT2D eigenvalue weighted by atomic mass is 35.5. The van der Waals surface area contributed by atoms with Crippen LogP contribution in [-0.4, -0.2) is 63.4 Å². The molecule has 0 radical (unpaired) electrons. The van der Waals surface area contributed by atoms with Crippen LogP contribution in [0.4, 0.5) is 5.82 Å². The number of fused-ring (bicyclic) bond motifs is 1. The molecule has 34 heavy (non-hydrogen) atoms. The molecule has 1 aromatic carbocycles. The summed E-state index contributed by atoms with van der Waals surface area (Å²) in [5, 5.41) is 0.608. The smallest absolute Gasteiger partial charge is 0.356 e. The second kappa shape index (κ2) is 11.4. The standard InChI is InChI=1S/C22H28ClN6O4P/c1-3-28(4-2)14-27-21-20-22(25-13-24-21)29(15-26-20)9-11-31-16-34(30)32-10-8-19(33-34)17-6-5-7-18(23)12-17/h5-7,12-15,19H,3-4,8-11,16H2,1-2H3/t19-,34-/m0/s1. The Kier molecular flexibility index (Phi) is 8.28. The fraction of sp³-hybridized carbons (Fsp3) is 0.455. The van der Waals surface area contributed by atoms with Crippen molar-refractivity contribution in [2.45, 2.75) is 32.9 Å². The first-order valence-electron chi connectivity index (χ1n) is 11.2. The molecule has 1 aliphatic rings. The van der Waals surface area contributed by atoms with E-state index in [2.05, 4.69) is 38.7 Å². The van der Waals surface area contributed by atoms with Gasteiger partial charge in [-0.25, -0.2) is 19.9 Å². The predicted molar refractivity (Wildman–Crippen MR) is 131 cm³/mol. The highest BCUT2D eigenvalue weighted by Gasteiger charge is 2.34. The van der Waals surface area contributed by atoms with Gasteiger partial charge in [0.25, 0.3) is 0 Å². The highest BCUT2D eigenvalue weighted by Crippen LogP contribution is 2.56. The van der Waals surface area contributed by atoms with E-state index in [1.165, 1.54) is 6.33 Å². The number of aliphatic imine (C=N–C) groups is 1. The van der Waals surface area contributed by atoms with Gasteiger partial charge in [-0.05, 0) is 31.5 Å². The maximum atomic E-state index is 13.0. The van der Waals surface area contributed by atoms with E-state index < -0.39 is 7.60 Å². The van der Waals surface area contributed by atoms with Crippen LogP contribution >= 0.6 is 19.2 Å². The van der Waals surface area contributed by atoms with Crippen LogP contribution in [0.5, 0.6) is 0 Å². The maximum absolute atomic E-state index is 13.0. The summed E-state index contributed by atoms with van der Waals surface area (Å²) < 4.78 is 31.8. The lowest BCUT2D eigenvalue weighted by atomic mass is 10.1. The van der Waals surface area contributed by atoms with E-state index in [9.17, 15) is 4.57 Å². The number of ether oxygens (including phenoxy) is 1. The number of hydrogen-bond acceptors (Lipinski definition) is 8. The van der Waals surface area contributed by atoms with Crippen molar-refractivity contribution in [3.8, 4) is 0 Å². The van der Waals surface area contributed by atoms with Crippen LogP contribution in [0.1, 0.15) is 31.9 Å². The van der Waals surface area contributed by atoms with Crippen LogP contribution in [0.25, 0.3) is 11.2 Å². The summed E-state index contributed by atoms with van der Waals surface area (Å²) in [6, 6.07) is 7.35. The summed E-state index contributed by atoms with van der Waals surface area (Å²) in [6.07, 6.45) is 5.03. The van der Waals surface area contributed by atoms with Crippen LogP contribution in [0.15, 0.2) is 41.9 Å². The van der Waals surface area contributed by atoms with Gasteiger partial charge in [0.1, 0.15) is 12.7 Å². The molecule has 0 spiro atoms. The molecule has 12 heteroatoms. The van der Waals surface area contributed by atoms with Crippen molar-refractivity contribution in [2.24, 2.45) is 4.99 Å². The van der Waals surface area contributed by atoms with Gasteiger partial charge >= 0.3 is 7.60 Å². The van der Waals surface area contributed by atoms with Crippen LogP contribution in [0.2, 0.25) is 5.02 Å². The molecule has 0 unspecified atom stereocenters. The summed E-state index contributed by atoms with van der Waals surface area (Å²) in [7, 11) is -3.38. The average molecular weight is 507 g/mol. The third-order valence-electron chi connectivity index (χ3n) is 5.44. The predicted octanol–water partition coefficient (Wildman–Crippen LogP) is 4.83. The molecule has 3 aromatic rings. The zero-order valence-electron chi connectivity index (χ0n) is 19.2. The molecule has 0 N–H and O–H groups in total. The van der Waals surface area contributed by atoms with E-state index in [1.807, 2.05) is 22.8 Å². The first-order chi connectivity index (χ1) is 16.5. The molecular formula is C22H28ClN6O4P. The second-order valence-corrected chi connectivity index (χ2v) is 10.1. The van der Waals surface area contributed by atoms with Crippen molar-refractivity contribution < 1.29 is 18.3 Å². The number of halogens is 1. The summed E-state index contributed by atoms with van der Waals surface area (Å²) in [5.41, 5.74) is 2.14. The van der Waals surface area contributed by atoms with Gasteiger partial charge in [-0.1, -0.05) is 23.7 Å². The van der Waals surface area contributed by atoms with Crippen molar-refractivity contribution in [1.29, 1.82) is 0 Å². The third kappa shape index (κ3) is 6.00. The number of imidazole rings is 1. The molecule has 4 rings (SSSR count). The third-order valence-corrected chi connectivity index (χ3v) is 7.33. The van der Waals surface area contributed by atoms with Gasteiger partial charge in [-0.2, -0.15) is 0 Å². The first kappa shape index (κ1) is 24.8. The Bertz CT molecular complexity index is 1190. The van der Waals surface area contributed by atoms with Crippen molar-refractivity contribution in [2.75, 3.05) is 32.7 Å². The summed E-state index contributed by atoms with van der Waals surface area (Å²) in [4.78, 5) is 19.5. The Hall–Kier alpha value is -2.36. The number of hydrogen-bond donors (Lipinski definition) is 0. The Morgan fingerprint density at radius 2 is 2.18 bits per heavy atom. The molecule has 1 fully saturated rings. The quantitative estimate of drug-likeness (QED) is 0.167. The largest absolute Gasteiger partial charge is 0.367 e. The first-order valence-corrected chi connectivity index (χ1v) is 13.3. The Morgan fingerprint density at radius 1 is 1.32 bits per heavy atom. The molecule has 0 bridgehead atoms. The van der Waals surface area contributed by atoms with Gasteiger partial charge in [0, 0.05) is 31.1 Å². The lowest BCUT2D eigenvalue weighted by Gasteiger charge is -2.30. The van der Waals surface area contributed by atoms with E-state index >= 15 is 0 Å². The Morgan fingerprint density at radius 3 is 2.97 bits per heavy atom. The van der Waals surface area contributed by atoms with E-state index in [0.29, 0.717) is 41.6 Å². The molecule has 0 amide bonds. The van der Waals surface area contributed by atoms with Gasteiger partial charge in [-0.3, -0.25) is 9.09 Å². The van der Waals surface area contributed by atoms with Gasteiger partial charge in [-0.15, -0.1) is 0 Å². The Balaban J connectivity index is 1.34. The molecule has 2 aromatic heterocycles. The lowest BCUT2D eigenvalue weighted by Crippen LogP contribution is -2.20. The lowest BCUT2D eigenvalue weighted by molar-refractivity contribution is 0.0563. The number of aromatic nitrogens is 4. The molecule has 10 nitrogen and oxygen atoms in total. The number of rotatable bonds is 10. The SMILES string of the molecule is CCN(C=Nc1ncnc2c1ncn2CCOC[P@]1(=O)OCC[C@@H](c2cccc(Cl)c2)O1)CC. The minimum Gasteiger partial charge on any atom is -0.367 e. The van der Waals surface area contributed by atoms with Crippen LogP contribution in [-0.2, 0) is 24.9 Å². The average Bonchev–Trinajstić information content (AvgIpc) is 3.26. The monoisotopic (exact) mass is 506 g/mol. The van der Waals surface area contributed by atoms with Gasteiger partial charge in [0.15, 0.2) is 17.0 Å². The normalized spacial score (nSPS) is 20.9. The van der Waals surface area contributed by atoms with E-state index in [4.69, 9.17) is 25.4 Å². The number of nitrogens with zero attached hydrogens (tertiary/aromatic N) is 6. The van der Waals surface area contributed by atoms with E-state index in [0.717, 1.165) is 18.7 Å². The summed E-state index contributed by atoms with van der Waals surface area (Å²) >= 11 is 6.08. The molecule has 0 saturated carbocycles. The minimum absolute atomic E-state index is 0.134. The zero-order chi connectivity index (χ0) is 24.0. The summed E-state index contributed by atoms with van der Waals surface area (Å²) in [5.74, 6) is 0.511. The highest BCUT2D eigenvalue weighted by molar-refractivity contribution is 7.53. The van der Waals surface area contributed by atoms with E-state index in [1.54, 1.807) is 18.7 Å². The molecule has 182 valence electrons. The fourth-order valence-electron chi connectivity index (χ4n) is 3.57. The van der Waals surface area contributed by atoms with Crippen molar-refractivity contribution in [1.82, 2.24) is 24.4 Å². The topological polar surface area (TPSA) is 104 Å². The van der Waals surface area contributed by atoms with Crippen molar-refractivity contribution >= 4 is 42.5 Å². The van der Waals surface area contributed by atoms with Crippen molar-refractivity contribution in [3.63, 3.8) is 0 Å². The van der Waals surface area contributed by atoms with Crippen molar-refractivity contribution in [3.05, 3.63) is 47.5 Å². The van der Waals surface area contributed by atoms with Gasteiger partial charge in [0.05, 0.1) is 32.0 Å². The molecule has 0 aliphatic carbocycles. The molecular weight excluding hydrogens is 479 g/mol.